The van der Waals surface area contributed by atoms with Crippen molar-refractivity contribution in [3.05, 3.63) is 109 Å². The summed E-state index contributed by atoms with van der Waals surface area (Å²) in [6.07, 6.45) is 0. The van der Waals surface area contributed by atoms with E-state index in [0.29, 0.717) is 28.1 Å². The van der Waals surface area contributed by atoms with E-state index >= 15 is 0 Å². The van der Waals surface area contributed by atoms with E-state index in [0.717, 1.165) is 44.7 Å². The van der Waals surface area contributed by atoms with Gasteiger partial charge in [-0.05, 0) is 85.3 Å². The number of aromatic nitrogens is 4. The van der Waals surface area contributed by atoms with Crippen LogP contribution in [-0.2, 0) is 4.79 Å². The van der Waals surface area contributed by atoms with E-state index in [4.69, 9.17) is 19.7 Å². The molecule has 10 nitrogen and oxygen atoms in total. The molecule has 46 heavy (non-hydrogen) atoms. The first-order valence-electron chi connectivity index (χ1n) is 14.3. The molecule has 4 aromatic carbocycles. The highest BCUT2D eigenvalue weighted by Crippen LogP contribution is 2.36. The molecular weight excluding hydrogens is 600 g/mol. The van der Waals surface area contributed by atoms with E-state index in [1.165, 1.54) is 11.8 Å². The summed E-state index contributed by atoms with van der Waals surface area (Å²) >= 11 is 1.29. The van der Waals surface area contributed by atoms with Crippen LogP contribution >= 0.6 is 11.8 Å². The molecule has 2 heterocycles. The Morgan fingerprint density at radius 3 is 2.30 bits per heavy atom. The molecule has 11 heteroatoms. The van der Waals surface area contributed by atoms with Crippen LogP contribution in [0.2, 0.25) is 0 Å². The van der Waals surface area contributed by atoms with Gasteiger partial charge in [-0.2, -0.15) is 0 Å². The topological polar surface area (TPSA) is 124 Å². The number of amides is 1. The number of nitrogens with one attached hydrogen (secondary N) is 1. The number of methoxy groups -OCH3 is 2. The van der Waals surface area contributed by atoms with Crippen LogP contribution in [0, 0.1) is 0 Å². The lowest BCUT2D eigenvalue weighted by Gasteiger charge is -2.14. The third-order valence-electron chi connectivity index (χ3n) is 7.36. The van der Waals surface area contributed by atoms with Crippen LogP contribution in [-0.4, -0.2) is 56.5 Å². The quantitative estimate of drug-likeness (QED) is 0.0711. The van der Waals surface area contributed by atoms with Crippen molar-refractivity contribution in [3.63, 3.8) is 0 Å². The van der Waals surface area contributed by atoms with E-state index in [9.17, 15) is 4.79 Å². The number of rotatable bonds is 10. The number of hydrogen-bond donors (Lipinski definition) is 2. The van der Waals surface area contributed by atoms with Crippen molar-refractivity contribution >= 4 is 40.0 Å². The van der Waals surface area contributed by atoms with E-state index in [1.54, 1.807) is 45.4 Å². The van der Waals surface area contributed by atoms with Gasteiger partial charge in [0.25, 0.3) is 0 Å². The zero-order valence-electron chi connectivity index (χ0n) is 25.3. The zero-order valence-corrected chi connectivity index (χ0v) is 26.2. The fraction of sp³-hybridized carbons (Fsp3) is 0.114. The highest BCUT2D eigenvalue weighted by atomic mass is 32.2. The van der Waals surface area contributed by atoms with Crippen molar-refractivity contribution in [2.45, 2.75) is 12.1 Å². The van der Waals surface area contributed by atoms with Crippen molar-refractivity contribution in [3.8, 4) is 39.8 Å². The lowest BCUT2D eigenvalue weighted by Crippen LogP contribution is -2.14. The van der Waals surface area contributed by atoms with Gasteiger partial charge in [-0.25, -0.2) is 4.98 Å². The number of nitrogens with zero attached hydrogens (tertiary/aromatic N) is 5. The molecular formula is C35H30N6O4S. The molecule has 0 spiro atoms. The van der Waals surface area contributed by atoms with Gasteiger partial charge in [0, 0.05) is 27.9 Å². The molecule has 0 aliphatic rings. The van der Waals surface area contributed by atoms with Crippen molar-refractivity contribution in [1.29, 1.82) is 0 Å². The molecule has 2 N–H and O–H groups in total. The molecule has 0 bridgehead atoms. The number of oxime groups is 1. The number of thioether (sulfide) groups is 1. The first-order valence-corrected chi connectivity index (χ1v) is 15.3. The van der Waals surface area contributed by atoms with Gasteiger partial charge >= 0.3 is 0 Å². The van der Waals surface area contributed by atoms with Gasteiger partial charge in [0.05, 0.1) is 36.9 Å². The molecule has 6 rings (SSSR count). The summed E-state index contributed by atoms with van der Waals surface area (Å²) in [5.74, 6) is 1.95. The van der Waals surface area contributed by atoms with Crippen LogP contribution in [0.3, 0.4) is 0 Å². The highest BCUT2D eigenvalue weighted by Gasteiger charge is 2.21. The normalized spacial score (nSPS) is 11.4. The summed E-state index contributed by atoms with van der Waals surface area (Å²) in [5, 5.41) is 25.8. The fourth-order valence-electron chi connectivity index (χ4n) is 4.95. The number of para-hydroxylation sites is 1. The highest BCUT2D eigenvalue weighted by molar-refractivity contribution is 7.99. The predicted octanol–water partition coefficient (Wildman–Crippen LogP) is 7.10. The second kappa shape index (κ2) is 13.5. The molecule has 1 amide bonds. The van der Waals surface area contributed by atoms with Crippen LogP contribution < -0.4 is 14.8 Å². The Balaban J connectivity index is 1.38. The van der Waals surface area contributed by atoms with Crippen molar-refractivity contribution in [2.24, 2.45) is 5.16 Å². The van der Waals surface area contributed by atoms with Crippen LogP contribution in [0.5, 0.6) is 11.5 Å². The number of carbonyl (C=O) groups excluding carboxylic acids is 1. The number of pyridine rings is 1. The Kier molecular flexibility index (Phi) is 8.93. The standard InChI is InChI=1S/C35H30N6O4S/c1-22(40-43)23-9-13-25(14-10-23)36-33(42)21-46-35-39-38-34(41(35)26-7-5-4-6-8-26)30-20-32(24-11-15-27(44-2)16-12-24)37-31-18-17-28(45-3)19-29(30)31/h4-20,43H,21H2,1-3H3,(H,36,42)/b40-22-. The van der Waals surface area contributed by atoms with Crippen LogP contribution in [0.15, 0.2) is 113 Å². The third-order valence-corrected chi connectivity index (χ3v) is 8.29. The molecule has 0 saturated carbocycles. The molecule has 0 saturated heterocycles. The molecule has 0 aliphatic heterocycles. The molecule has 0 fully saturated rings. The van der Waals surface area contributed by atoms with Gasteiger partial charge in [-0.3, -0.25) is 9.36 Å². The second-order valence-electron chi connectivity index (χ2n) is 10.2. The largest absolute Gasteiger partial charge is 0.497 e. The average Bonchev–Trinajstić information content (AvgIpc) is 3.54. The SMILES string of the molecule is COc1ccc(-c2cc(-c3nnc(SCC(=O)Nc4ccc(/C(C)=N\O)cc4)n3-c3ccccc3)c3cc(OC)ccc3n2)cc1. The molecule has 0 unspecified atom stereocenters. The molecule has 0 atom stereocenters. The molecule has 230 valence electrons. The average molecular weight is 631 g/mol. The smallest absolute Gasteiger partial charge is 0.234 e. The summed E-state index contributed by atoms with van der Waals surface area (Å²) in [5.41, 5.74) is 5.99. The maximum atomic E-state index is 13.0. The second-order valence-corrected chi connectivity index (χ2v) is 11.2. The molecule has 0 radical (unpaired) electrons. The Labute approximate surface area is 269 Å². The third kappa shape index (κ3) is 6.40. The van der Waals surface area contributed by atoms with Crippen LogP contribution in [0.1, 0.15) is 12.5 Å². The maximum absolute atomic E-state index is 13.0. The summed E-state index contributed by atoms with van der Waals surface area (Å²) in [4.78, 5) is 18.0. The van der Waals surface area contributed by atoms with Gasteiger partial charge in [-0.1, -0.05) is 47.2 Å². The molecule has 0 aliphatic carbocycles. The molecule has 6 aromatic rings. The predicted molar refractivity (Wildman–Crippen MR) is 180 cm³/mol. The fourth-order valence-corrected chi connectivity index (χ4v) is 5.71. The number of benzene rings is 4. The zero-order chi connectivity index (χ0) is 32.0. The Morgan fingerprint density at radius 1 is 0.891 bits per heavy atom. The minimum absolute atomic E-state index is 0.103. The minimum Gasteiger partial charge on any atom is -0.497 e. The maximum Gasteiger partial charge on any atom is 0.234 e. The van der Waals surface area contributed by atoms with Crippen LogP contribution in [0.25, 0.3) is 39.2 Å². The van der Waals surface area contributed by atoms with Crippen LogP contribution in [0.4, 0.5) is 5.69 Å². The van der Waals surface area contributed by atoms with Gasteiger partial charge in [0.15, 0.2) is 11.0 Å². The summed E-state index contributed by atoms with van der Waals surface area (Å²) in [7, 11) is 3.27. The monoisotopic (exact) mass is 630 g/mol. The lowest BCUT2D eigenvalue weighted by atomic mass is 10.0. The van der Waals surface area contributed by atoms with E-state index in [2.05, 4.69) is 20.7 Å². The summed E-state index contributed by atoms with van der Waals surface area (Å²) < 4.78 is 12.9. The van der Waals surface area contributed by atoms with Crippen molar-refractivity contribution < 1.29 is 19.5 Å². The van der Waals surface area contributed by atoms with Gasteiger partial charge in [0.2, 0.25) is 5.91 Å². The van der Waals surface area contributed by atoms with Gasteiger partial charge < -0.3 is 20.0 Å². The number of fused-ring (bicyclic) bond motifs is 1. The minimum atomic E-state index is -0.199. The number of hydrogen-bond acceptors (Lipinski definition) is 9. The number of anilines is 1. The Morgan fingerprint density at radius 2 is 1.61 bits per heavy atom. The summed E-state index contributed by atoms with van der Waals surface area (Å²) in [6, 6.07) is 32.4. The first kappa shape index (κ1) is 30.4. The lowest BCUT2D eigenvalue weighted by molar-refractivity contribution is -0.113. The Bertz CT molecular complexity index is 2030. The van der Waals surface area contributed by atoms with Gasteiger partial charge in [0.1, 0.15) is 11.5 Å². The van der Waals surface area contributed by atoms with E-state index < -0.39 is 0 Å². The number of ether oxygens (including phenoxy) is 2. The van der Waals surface area contributed by atoms with Gasteiger partial charge in [-0.15, -0.1) is 10.2 Å². The van der Waals surface area contributed by atoms with E-state index in [-0.39, 0.29) is 11.7 Å². The van der Waals surface area contributed by atoms with Crippen molar-refractivity contribution in [1.82, 2.24) is 19.7 Å². The molecule has 2 aromatic heterocycles. The van der Waals surface area contributed by atoms with Crippen molar-refractivity contribution in [2.75, 3.05) is 25.3 Å². The number of carbonyl (C=O) groups is 1. The van der Waals surface area contributed by atoms with E-state index in [1.807, 2.05) is 83.4 Å². The summed E-state index contributed by atoms with van der Waals surface area (Å²) in [6.45, 7) is 1.70. The Hall–Kier alpha value is -5.68. The first-order chi connectivity index (χ1) is 22.5.